The Balaban J connectivity index is 1.40. The van der Waals surface area contributed by atoms with E-state index in [0.717, 1.165) is 6.07 Å². The number of aliphatic hydroxyl groups excluding tert-OH is 6. The molecule has 0 spiro atoms. The van der Waals surface area contributed by atoms with Crippen LogP contribution in [0.1, 0.15) is 6.92 Å². The zero-order valence-electron chi connectivity index (χ0n) is 25.2. The van der Waals surface area contributed by atoms with Gasteiger partial charge in [-0.1, -0.05) is 0 Å². The molecule has 2 aliphatic heterocycles. The average Bonchev–Trinajstić information content (AvgIpc) is 3.04. The quantitative estimate of drug-likeness (QED) is 0.150. The van der Waals surface area contributed by atoms with Gasteiger partial charge in [0.1, 0.15) is 71.0 Å². The molecule has 10 atom stereocenters. The largest absolute Gasteiger partial charge is 0.507 e. The van der Waals surface area contributed by atoms with E-state index in [1.54, 1.807) is 12.1 Å². The van der Waals surface area contributed by atoms with Crippen LogP contribution in [-0.2, 0) is 14.2 Å². The maximum Gasteiger partial charge on any atom is 0.229 e. The van der Waals surface area contributed by atoms with Crippen molar-refractivity contribution in [3.05, 3.63) is 40.6 Å². The Bertz CT molecular complexity index is 1570. The molecule has 0 amide bonds. The van der Waals surface area contributed by atoms with Crippen LogP contribution in [0.2, 0.25) is 0 Å². The summed E-state index contributed by atoms with van der Waals surface area (Å²) in [7, 11) is 4.30. The second kappa shape index (κ2) is 13.6. The fourth-order valence-electron chi connectivity index (χ4n) is 5.30. The molecular weight excluding hydrogens is 616 g/mol. The van der Waals surface area contributed by atoms with E-state index in [4.69, 9.17) is 37.6 Å². The molecule has 0 aliphatic carbocycles. The summed E-state index contributed by atoms with van der Waals surface area (Å²) in [5.41, 5.74) is -0.304. The van der Waals surface area contributed by atoms with E-state index in [0.29, 0.717) is 22.8 Å². The number of rotatable bonds is 9. The number of ether oxygens (including phenoxy) is 7. The van der Waals surface area contributed by atoms with Crippen molar-refractivity contribution in [3.8, 4) is 40.1 Å². The van der Waals surface area contributed by atoms with Crippen LogP contribution in [0, 0.1) is 0 Å². The maximum absolute atomic E-state index is 13.0. The fourth-order valence-corrected chi connectivity index (χ4v) is 5.30. The van der Waals surface area contributed by atoms with Gasteiger partial charge < -0.3 is 73.3 Å². The second-order valence-electron chi connectivity index (χ2n) is 10.9. The Morgan fingerprint density at radius 1 is 0.739 bits per heavy atom. The fraction of sp³-hybridized carbons (Fsp3) is 0.500. The number of phenols is 1. The Hall–Kier alpha value is -3.71. The predicted molar refractivity (Wildman–Crippen MR) is 155 cm³/mol. The lowest BCUT2D eigenvalue weighted by molar-refractivity contribution is -0.318. The van der Waals surface area contributed by atoms with E-state index in [-0.39, 0.29) is 22.5 Å². The molecular formula is C30H36O16. The average molecular weight is 653 g/mol. The highest BCUT2D eigenvalue weighted by molar-refractivity contribution is 5.86. The first kappa shape index (κ1) is 33.6. The Morgan fingerprint density at radius 2 is 1.37 bits per heavy atom. The Labute approximate surface area is 261 Å². The van der Waals surface area contributed by atoms with Crippen molar-refractivity contribution < 1.29 is 73.3 Å². The molecule has 2 saturated heterocycles. The molecule has 0 unspecified atom stereocenters. The predicted octanol–water partition coefficient (Wildman–Crippen LogP) is -0.778. The van der Waals surface area contributed by atoms with Crippen LogP contribution in [0.15, 0.2) is 39.5 Å². The summed E-state index contributed by atoms with van der Waals surface area (Å²) in [5, 5.41) is 72.3. The minimum Gasteiger partial charge on any atom is -0.507 e. The molecule has 7 N–H and O–H groups in total. The first-order valence-electron chi connectivity index (χ1n) is 14.2. The van der Waals surface area contributed by atoms with Crippen molar-refractivity contribution in [2.24, 2.45) is 0 Å². The van der Waals surface area contributed by atoms with Crippen LogP contribution >= 0.6 is 0 Å². The van der Waals surface area contributed by atoms with Crippen molar-refractivity contribution in [3.63, 3.8) is 0 Å². The van der Waals surface area contributed by atoms with Gasteiger partial charge in [0, 0.05) is 23.8 Å². The van der Waals surface area contributed by atoms with Gasteiger partial charge in [0.2, 0.25) is 12.0 Å². The SMILES string of the molecule is COc1cc(-c2cc(=O)c3c(O)cc(O[C@@H]4O[C@@H](CO[C@@H]5O[C@H](C)[C@H](O)[C@@H](O)[C@H]5O)[C@@H](O)[C@H](O)[C@H]4O)cc3o2)cc(OC)c1OC. The molecule has 0 saturated carbocycles. The monoisotopic (exact) mass is 652 g/mol. The van der Waals surface area contributed by atoms with Gasteiger partial charge in [-0.15, -0.1) is 0 Å². The molecule has 0 radical (unpaired) electrons. The van der Waals surface area contributed by atoms with Crippen molar-refractivity contribution in [2.45, 2.75) is 68.3 Å². The Kier molecular flexibility index (Phi) is 9.92. The van der Waals surface area contributed by atoms with Crippen LogP contribution in [0.25, 0.3) is 22.3 Å². The van der Waals surface area contributed by atoms with Crippen LogP contribution in [0.3, 0.4) is 0 Å². The van der Waals surface area contributed by atoms with Crippen molar-refractivity contribution in [2.75, 3.05) is 27.9 Å². The second-order valence-corrected chi connectivity index (χ2v) is 10.9. The van der Waals surface area contributed by atoms with Gasteiger partial charge in [-0.25, -0.2) is 0 Å². The van der Waals surface area contributed by atoms with Gasteiger partial charge >= 0.3 is 0 Å². The van der Waals surface area contributed by atoms with Gasteiger partial charge in [0.05, 0.1) is 34.0 Å². The standard InChI is InChI=1S/C30H36O16/c1-11-22(33)24(35)26(37)29(43-11)42-10-20-23(34)25(36)27(38)30(46-20)44-13-7-14(31)21-15(32)9-16(45-17(21)8-13)12-5-18(39-2)28(41-4)19(6-12)40-3/h5-9,11,20,22-27,29-31,33-38H,10H2,1-4H3/t11-,20+,22+,23-,24-,25+,26-,27-,29-,30-/m1/s1. The lowest BCUT2D eigenvalue weighted by Gasteiger charge is -2.42. The van der Waals surface area contributed by atoms with Crippen LogP contribution in [0.4, 0.5) is 0 Å². The van der Waals surface area contributed by atoms with E-state index < -0.39 is 79.2 Å². The molecule has 252 valence electrons. The first-order chi connectivity index (χ1) is 21.9. The molecule has 2 aromatic carbocycles. The number of hydrogen-bond acceptors (Lipinski definition) is 16. The minimum absolute atomic E-state index is 0.0806. The number of methoxy groups -OCH3 is 3. The van der Waals surface area contributed by atoms with Crippen molar-refractivity contribution in [1.29, 1.82) is 0 Å². The highest BCUT2D eigenvalue weighted by Gasteiger charge is 2.47. The smallest absolute Gasteiger partial charge is 0.229 e. The number of fused-ring (bicyclic) bond motifs is 1. The molecule has 46 heavy (non-hydrogen) atoms. The molecule has 2 fully saturated rings. The van der Waals surface area contributed by atoms with Gasteiger partial charge in [0.25, 0.3) is 0 Å². The lowest BCUT2D eigenvalue weighted by Crippen LogP contribution is -2.61. The molecule has 2 aliphatic rings. The first-order valence-corrected chi connectivity index (χ1v) is 14.2. The van der Waals surface area contributed by atoms with Crippen LogP contribution in [-0.4, -0.2) is 125 Å². The van der Waals surface area contributed by atoms with E-state index >= 15 is 0 Å². The normalized spacial score (nSPS) is 31.4. The van der Waals surface area contributed by atoms with Crippen molar-refractivity contribution in [1.82, 2.24) is 0 Å². The van der Waals surface area contributed by atoms with E-state index in [1.807, 2.05) is 0 Å². The van der Waals surface area contributed by atoms with Gasteiger partial charge in [-0.3, -0.25) is 4.79 Å². The highest BCUT2D eigenvalue weighted by Crippen LogP contribution is 2.42. The molecule has 0 bridgehead atoms. The number of aromatic hydroxyl groups is 1. The number of hydrogen-bond donors (Lipinski definition) is 7. The molecule has 3 aromatic rings. The van der Waals surface area contributed by atoms with Gasteiger partial charge in [0.15, 0.2) is 23.2 Å². The third-order valence-electron chi connectivity index (χ3n) is 7.89. The summed E-state index contributed by atoms with van der Waals surface area (Å²) in [6, 6.07) is 6.64. The minimum atomic E-state index is -1.78. The summed E-state index contributed by atoms with van der Waals surface area (Å²) in [4.78, 5) is 13.0. The molecule has 16 heteroatoms. The maximum atomic E-state index is 13.0. The van der Waals surface area contributed by atoms with Gasteiger partial charge in [-0.05, 0) is 19.1 Å². The number of phenolic OH excluding ortho intramolecular Hbond substituents is 1. The van der Waals surface area contributed by atoms with E-state index in [9.17, 15) is 40.5 Å². The third kappa shape index (κ3) is 6.31. The molecule has 5 rings (SSSR count). The third-order valence-corrected chi connectivity index (χ3v) is 7.89. The summed E-state index contributed by atoms with van der Waals surface area (Å²) in [6.45, 7) is 0.957. The van der Waals surface area contributed by atoms with Crippen molar-refractivity contribution >= 4 is 11.0 Å². The molecule has 3 heterocycles. The summed E-state index contributed by atoms with van der Waals surface area (Å²) < 4.78 is 44.3. The summed E-state index contributed by atoms with van der Waals surface area (Å²) >= 11 is 0. The zero-order chi connectivity index (χ0) is 33.4. The number of benzene rings is 2. The molecule has 1 aromatic heterocycles. The van der Waals surface area contributed by atoms with E-state index in [1.165, 1.54) is 40.4 Å². The molecule has 16 nitrogen and oxygen atoms in total. The number of aliphatic hydroxyl groups is 6. The van der Waals surface area contributed by atoms with Gasteiger partial charge in [-0.2, -0.15) is 0 Å². The highest BCUT2D eigenvalue weighted by atomic mass is 16.7. The Morgan fingerprint density at radius 3 is 2.00 bits per heavy atom. The summed E-state index contributed by atoms with van der Waals surface area (Å²) in [5.74, 6) is 0.351. The lowest BCUT2D eigenvalue weighted by atomic mass is 9.98. The topological polar surface area (TPSA) is 236 Å². The van der Waals surface area contributed by atoms with E-state index in [2.05, 4.69) is 0 Å². The summed E-state index contributed by atoms with van der Waals surface area (Å²) in [6.07, 6.45) is -15.1. The van der Waals surface area contributed by atoms with Crippen LogP contribution in [0.5, 0.6) is 28.7 Å². The zero-order valence-corrected chi connectivity index (χ0v) is 25.2. The van der Waals surface area contributed by atoms with Crippen LogP contribution < -0.4 is 24.4 Å².